The molecule has 78 valence electrons. The monoisotopic (exact) mass is 210 g/mol. The Morgan fingerprint density at radius 1 is 1.33 bits per heavy atom. The van der Waals surface area contributed by atoms with Crippen LogP contribution in [0.15, 0.2) is 18.1 Å². The summed E-state index contributed by atoms with van der Waals surface area (Å²) in [5.41, 5.74) is 0.126. The number of halogens is 1. The Balaban J connectivity index is 2.59. The van der Waals surface area contributed by atoms with Crippen LogP contribution >= 0.6 is 0 Å². The van der Waals surface area contributed by atoms with Gasteiger partial charge >= 0.3 is 7.12 Å². The van der Waals surface area contributed by atoms with E-state index in [0.717, 1.165) is 6.07 Å². The van der Waals surface area contributed by atoms with E-state index in [4.69, 9.17) is 19.9 Å². The minimum Gasteiger partial charge on any atom is -0.532 e. The van der Waals surface area contributed by atoms with Crippen LogP contribution in [0.3, 0.4) is 0 Å². The van der Waals surface area contributed by atoms with Gasteiger partial charge in [0, 0.05) is 5.56 Å². The maximum absolute atomic E-state index is 13.2. The molecule has 0 saturated heterocycles. The highest BCUT2D eigenvalue weighted by atomic mass is 19.1. The van der Waals surface area contributed by atoms with E-state index in [0.29, 0.717) is 5.56 Å². The highest BCUT2D eigenvalue weighted by Gasteiger charge is 2.25. The second-order valence-electron chi connectivity index (χ2n) is 3.12. The summed E-state index contributed by atoms with van der Waals surface area (Å²) in [6.45, 7) is 0. The van der Waals surface area contributed by atoms with Crippen molar-refractivity contribution in [2.75, 3.05) is 0 Å². The number of hydrogen-bond donors (Lipinski definition) is 3. The Morgan fingerprint density at radius 3 is 2.73 bits per heavy atom. The van der Waals surface area contributed by atoms with Gasteiger partial charge in [0.05, 0.1) is 5.56 Å². The lowest BCUT2D eigenvalue weighted by Gasteiger charge is -2.19. The molecule has 4 nitrogen and oxygen atoms in total. The molecule has 0 bridgehead atoms. The molecule has 0 amide bonds. The molecule has 0 spiro atoms. The lowest BCUT2D eigenvalue weighted by Crippen LogP contribution is -2.23. The molecular formula is C9H8BFO4. The highest BCUT2D eigenvalue weighted by Crippen LogP contribution is 2.33. The van der Waals surface area contributed by atoms with Crippen LogP contribution < -0.4 is 4.65 Å². The van der Waals surface area contributed by atoms with Crippen LogP contribution in [0, 0.1) is 5.82 Å². The molecule has 1 aliphatic rings. The molecule has 0 fully saturated rings. The van der Waals surface area contributed by atoms with E-state index in [2.05, 4.69) is 0 Å². The molecule has 15 heavy (non-hydrogen) atoms. The molecule has 0 radical (unpaired) electrons. The van der Waals surface area contributed by atoms with Crippen LogP contribution in [-0.4, -0.2) is 22.4 Å². The fourth-order valence-corrected chi connectivity index (χ4v) is 1.44. The number of aliphatic hydroxyl groups excluding tert-OH is 1. The van der Waals surface area contributed by atoms with Gasteiger partial charge in [0.15, 0.2) is 6.29 Å². The predicted octanol–water partition coefficient (Wildman–Crippen LogP) is 0.234. The summed E-state index contributed by atoms with van der Waals surface area (Å²) in [6.07, 6.45) is -0.451. The molecule has 1 aromatic rings. The third-order valence-electron chi connectivity index (χ3n) is 2.11. The van der Waals surface area contributed by atoms with E-state index in [9.17, 15) is 4.39 Å². The predicted molar refractivity (Wildman–Crippen MR) is 51.2 cm³/mol. The Morgan fingerprint density at radius 2 is 2.07 bits per heavy atom. The summed E-state index contributed by atoms with van der Waals surface area (Å²) >= 11 is 0. The summed E-state index contributed by atoms with van der Waals surface area (Å²) in [4.78, 5) is 0. The van der Waals surface area contributed by atoms with Crippen molar-refractivity contribution < 1.29 is 24.3 Å². The van der Waals surface area contributed by atoms with Crippen LogP contribution in [0.1, 0.15) is 17.4 Å². The third-order valence-corrected chi connectivity index (χ3v) is 2.11. The number of fused-ring (bicyclic) bond motifs is 1. The van der Waals surface area contributed by atoms with Crippen LogP contribution in [0.4, 0.5) is 4.39 Å². The van der Waals surface area contributed by atoms with Gasteiger partial charge in [0.2, 0.25) is 0 Å². The standard InChI is InChI=1S/C9H8BFO4/c11-6-2-1-5-3-4-10(14)15-8(5)7(6)9(12)13/h1-4,9,12-14H. The number of hydrogen-bond acceptors (Lipinski definition) is 4. The number of aliphatic hydroxyl groups is 2. The van der Waals surface area contributed by atoms with Gasteiger partial charge in [0.25, 0.3) is 0 Å². The third kappa shape index (κ3) is 1.74. The van der Waals surface area contributed by atoms with Crippen molar-refractivity contribution in [3.63, 3.8) is 0 Å². The van der Waals surface area contributed by atoms with Crippen LogP contribution in [0.25, 0.3) is 6.08 Å². The molecule has 6 heteroatoms. The molecule has 0 aliphatic carbocycles. The summed E-state index contributed by atoms with van der Waals surface area (Å²) < 4.78 is 18.2. The normalized spacial score (nSPS) is 14.1. The van der Waals surface area contributed by atoms with Gasteiger partial charge in [-0.2, -0.15) is 0 Å². The highest BCUT2D eigenvalue weighted by molar-refractivity contribution is 6.51. The van der Waals surface area contributed by atoms with E-state index in [-0.39, 0.29) is 11.3 Å². The maximum atomic E-state index is 13.2. The second kappa shape index (κ2) is 3.65. The van der Waals surface area contributed by atoms with Gasteiger partial charge in [0.1, 0.15) is 11.6 Å². The summed E-state index contributed by atoms with van der Waals surface area (Å²) in [5, 5.41) is 27.1. The lowest BCUT2D eigenvalue weighted by atomic mass is 9.85. The molecule has 0 aromatic heterocycles. The first-order chi connectivity index (χ1) is 7.09. The summed E-state index contributed by atoms with van der Waals surface area (Å²) in [7, 11) is -1.20. The van der Waals surface area contributed by atoms with Crippen molar-refractivity contribution in [2.24, 2.45) is 0 Å². The Hall–Kier alpha value is -1.37. The zero-order chi connectivity index (χ0) is 11.0. The first kappa shape index (κ1) is 10.2. The smallest absolute Gasteiger partial charge is 0.532 e. The molecule has 1 heterocycles. The van der Waals surface area contributed by atoms with Gasteiger partial charge in [-0.3, -0.25) is 0 Å². The molecule has 0 unspecified atom stereocenters. The Labute approximate surface area is 85.4 Å². The second-order valence-corrected chi connectivity index (χ2v) is 3.12. The summed E-state index contributed by atoms with van der Waals surface area (Å²) in [6, 6.07) is 2.54. The van der Waals surface area contributed by atoms with Crippen molar-refractivity contribution in [2.45, 2.75) is 6.29 Å². The lowest BCUT2D eigenvalue weighted by molar-refractivity contribution is -0.0460. The van der Waals surface area contributed by atoms with Gasteiger partial charge < -0.3 is 19.9 Å². The SMILES string of the molecule is OB1C=Cc2ccc(F)c(C(O)O)c2O1. The molecule has 2 rings (SSSR count). The van der Waals surface area contributed by atoms with E-state index in [1.54, 1.807) is 0 Å². The van der Waals surface area contributed by atoms with Crippen molar-refractivity contribution >= 4 is 13.2 Å². The minimum atomic E-state index is -1.97. The van der Waals surface area contributed by atoms with Gasteiger partial charge in [-0.25, -0.2) is 4.39 Å². The quantitative estimate of drug-likeness (QED) is 0.458. The molecule has 1 aromatic carbocycles. The van der Waals surface area contributed by atoms with E-state index >= 15 is 0 Å². The minimum absolute atomic E-state index is 0.0417. The molecule has 0 saturated carbocycles. The largest absolute Gasteiger partial charge is 0.552 e. The average Bonchev–Trinajstić information content (AvgIpc) is 2.16. The first-order valence-corrected chi connectivity index (χ1v) is 4.31. The van der Waals surface area contributed by atoms with Crippen LogP contribution in [-0.2, 0) is 0 Å². The van der Waals surface area contributed by atoms with Crippen molar-refractivity contribution in [1.82, 2.24) is 0 Å². The van der Waals surface area contributed by atoms with Crippen molar-refractivity contribution in [3.05, 3.63) is 35.1 Å². The van der Waals surface area contributed by atoms with E-state index < -0.39 is 19.2 Å². The Bertz CT molecular complexity index is 419. The van der Waals surface area contributed by atoms with Gasteiger partial charge in [-0.1, -0.05) is 6.08 Å². The van der Waals surface area contributed by atoms with Crippen molar-refractivity contribution in [1.29, 1.82) is 0 Å². The first-order valence-electron chi connectivity index (χ1n) is 4.31. The fraction of sp³-hybridized carbons (Fsp3) is 0.111. The number of rotatable bonds is 1. The molecular weight excluding hydrogens is 202 g/mol. The fourth-order valence-electron chi connectivity index (χ4n) is 1.44. The topological polar surface area (TPSA) is 69.9 Å². The van der Waals surface area contributed by atoms with Gasteiger partial charge in [-0.05, 0) is 18.1 Å². The Kier molecular flexibility index (Phi) is 2.48. The zero-order valence-corrected chi connectivity index (χ0v) is 7.59. The molecule has 3 N–H and O–H groups in total. The van der Waals surface area contributed by atoms with Crippen molar-refractivity contribution in [3.8, 4) is 5.75 Å². The van der Waals surface area contributed by atoms with E-state index in [1.165, 1.54) is 18.1 Å². The maximum Gasteiger partial charge on any atom is 0.552 e. The van der Waals surface area contributed by atoms with E-state index in [1.807, 2.05) is 0 Å². The van der Waals surface area contributed by atoms with Crippen LogP contribution in [0.5, 0.6) is 5.75 Å². The average molecular weight is 210 g/mol. The van der Waals surface area contributed by atoms with Crippen LogP contribution in [0.2, 0.25) is 0 Å². The zero-order valence-electron chi connectivity index (χ0n) is 7.59. The molecule has 1 aliphatic heterocycles. The summed E-state index contributed by atoms with van der Waals surface area (Å²) in [5.74, 6) is 0.541. The number of benzene rings is 1. The van der Waals surface area contributed by atoms with Gasteiger partial charge in [-0.15, -0.1) is 0 Å². The molecule has 0 atom stereocenters.